The van der Waals surface area contributed by atoms with Crippen LogP contribution in [0.4, 0.5) is 0 Å². The SMILES string of the molecule is C.C.C.C.O.O=C(O)CC(=O)O.O=C(O)CC(=O)Oc1ccc(C(=O)c2ccccc2)c(O)c1.O=C(c1ccccc1)c1ccc(O)cc1O. The van der Waals surface area contributed by atoms with Gasteiger partial charge in [0, 0.05) is 23.3 Å². The highest BCUT2D eigenvalue weighted by Crippen LogP contribution is 2.26. The molecular weight excluding hydrogens is 656 g/mol. The summed E-state index contributed by atoms with van der Waals surface area (Å²) in [6.45, 7) is 0. The molecular formula is C36H44O14. The van der Waals surface area contributed by atoms with E-state index in [1.165, 1.54) is 24.3 Å². The lowest BCUT2D eigenvalue weighted by atomic mass is 10.0. The minimum absolute atomic E-state index is 0. The average molecular weight is 701 g/mol. The zero-order valence-electron chi connectivity index (χ0n) is 23.7. The first-order valence-corrected chi connectivity index (χ1v) is 12.7. The maximum absolute atomic E-state index is 12.2. The number of hydrogen-bond donors (Lipinski definition) is 6. The van der Waals surface area contributed by atoms with Crippen molar-refractivity contribution in [3.8, 4) is 23.0 Å². The number of rotatable bonds is 9. The molecule has 0 atom stereocenters. The first-order chi connectivity index (χ1) is 21.3. The van der Waals surface area contributed by atoms with Gasteiger partial charge < -0.3 is 40.9 Å². The first kappa shape index (κ1) is 50.3. The number of phenolic OH excluding ortho intramolecular Hbond substituents is 3. The molecule has 0 saturated heterocycles. The molecule has 8 N–H and O–H groups in total. The molecule has 14 nitrogen and oxygen atoms in total. The lowest BCUT2D eigenvalue weighted by Gasteiger charge is -2.07. The molecule has 4 aromatic carbocycles. The summed E-state index contributed by atoms with van der Waals surface area (Å²) < 4.78 is 4.76. The molecule has 4 rings (SSSR count). The Morgan fingerprint density at radius 3 is 1.22 bits per heavy atom. The van der Waals surface area contributed by atoms with Gasteiger partial charge in [-0.05, 0) is 24.3 Å². The van der Waals surface area contributed by atoms with Gasteiger partial charge in [0.15, 0.2) is 11.6 Å². The second kappa shape index (κ2) is 24.6. The topological polar surface area (TPSA) is 265 Å². The van der Waals surface area contributed by atoms with Crippen molar-refractivity contribution >= 4 is 35.4 Å². The van der Waals surface area contributed by atoms with Gasteiger partial charge in [-0.3, -0.25) is 28.8 Å². The summed E-state index contributed by atoms with van der Waals surface area (Å²) >= 11 is 0. The summed E-state index contributed by atoms with van der Waals surface area (Å²) in [4.78, 5) is 64.6. The smallest absolute Gasteiger partial charge is 0.322 e. The third-order valence-corrected chi connectivity index (χ3v) is 5.34. The van der Waals surface area contributed by atoms with Crippen LogP contribution in [0.25, 0.3) is 0 Å². The number of carboxylic acids is 3. The number of phenols is 3. The highest BCUT2D eigenvalue weighted by Gasteiger charge is 2.16. The molecule has 0 heterocycles. The number of aromatic hydroxyl groups is 3. The quantitative estimate of drug-likeness (QED) is 0.0538. The minimum Gasteiger partial charge on any atom is -0.508 e. The summed E-state index contributed by atoms with van der Waals surface area (Å²) in [5.41, 5.74) is 1.16. The molecule has 0 spiro atoms. The molecule has 0 aliphatic carbocycles. The Hall–Kier alpha value is -6.54. The van der Waals surface area contributed by atoms with Gasteiger partial charge in [0.25, 0.3) is 0 Å². The van der Waals surface area contributed by atoms with E-state index in [1.807, 2.05) is 6.07 Å². The third-order valence-electron chi connectivity index (χ3n) is 5.34. The number of aliphatic carboxylic acids is 3. The van der Waals surface area contributed by atoms with Crippen molar-refractivity contribution in [1.29, 1.82) is 0 Å². The van der Waals surface area contributed by atoms with E-state index in [-0.39, 0.29) is 80.9 Å². The Kier molecular flexibility index (Phi) is 24.8. The van der Waals surface area contributed by atoms with Crippen molar-refractivity contribution < 1.29 is 69.6 Å². The molecule has 14 heteroatoms. The van der Waals surface area contributed by atoms with Crippen LogP contribution in [0.5, 0.6) is 23.0 Å². The molecule has 4 aromatic rings. The van der Waals surface area contributed by atoms with E-state index >= 15 is 0 Å². The second-order valence-electron chi connectivity index (χ2n) is 8.78. The molecule has 272 valence electrons. The van der Waals surface area contributed by atoms with E-state index < -0.39 is 36.7 Å². The Labute approximate surface area is 289 Å². The zero-order chi connectivity index (χ0) is 33.5. The van der Waals surface area contributed by atoms with Crippen molar-refractivity contribution in [2.24, 2.45) is 0 Å². The van der Waals surface area contributed by atoms with Crippen LogP contribution in [-0.4, -0.2) is 71.6 Å². The standard InChI is InChI=1S/C16H12O6.C13H10O3.C3H4O4.4CH4.H2O/c17-13-8-11(22-15(20)9-14(18)19)6-7-12(13)16(21)10-4-2-1-3-5-10;14-10-6-7-11(12(15)8-10)13(16)9-4-2-1-3-5-9;4-2(5)1-3(6)7;;;;;/h1-8,17H,9H2,(H,18,19);1-8,14-15H;1H2,(H,4,5)(H,6,7);4*1H4;1H2. The van der Waals surface area contributed by atoms with Gasteiger partial charge in [-0.15, -0.1) is 0 Å². The van der Waals surface area contributed by atoms with Crippen LogP contribution < -0.4 is 4.74 Å². The summed E-state index contributed by atoms with van der Waals surface area (Å²) in [5, 5.41) is 52.4. The molecule has 0 radical (unpaired) electrons. The third kappa shape index (κ3) is 16.9. The highest BCUT2D eigenvalue weighted by molar-refractivity contribution is 6.11. The van der Waals surface area contributed by atoms with E-state index in [0.717, 1.165) is 12.1 Å². The molecule has 0 amide bonds. The number of carboxylic acid groups (broad SMARTS) is 3. The first-order valence-electron chi connectivity index (χ1n) is 12.7. The van der Waals surface area contributed by atoms with E-state index in [9.17, 15) is 39.0 Å². The van der Waals surface area contributed by atoms with Crippen molar-refractivity contribution in [3.05, 3.63) is 119 Å². The van der Waals surface area contributed by atoms with Crippen LogP contribution in [-0.2, 0) is 19.2 Å². The molecule has 0 bridgehead atoms. The fourth-order valence-electron chi connectivity index (χ4n) is 3.39. The maximum atomic E-state index is 12.2. The van der Waals surface area contributed by atoms with Gasteiger partial charge in [0.05, 0.1) is 11.1 Å². The largest absolute Gasteiger partial charge is 0.508 e. The van der Waals surface area contributed by atoms with Gasteiger partial charge >= 0.3 is 23.9 Å². The molecule has 0 saturated carbocycles. The zero-order valence-corrected chi connectivity index (χ0v) is 23.7. The number of ketones is 2. The summed E-state index contributed by atoms with van der Waals surface area (Å²) in [6, 6.07) is 24.7. The van der Waals surface area contributed by atoms with E-state index in [1.54, 1.807) is 54.6 Å². The summed E-state index contributed by atoms with van der Waals surface area (Å²) in [7, 11) is 0. The number of esters is 1. The maximum Gasteiger partial charge on any atom is 0.322 e. The molecule has 0 fully saturated rings. The molecule has 50 heavy (non-hydrogen) atoms. The van der Waals surface area contributed by atoms with Crippen LogP contribution >= 0.6 is 0 Å². The molecule has 0 aliphatic rings. The van der Waals surface area contributed by atoms with Crippen molar-refractivity contribution in [2.75, 3.05) is 0 Å². The number of benzene rings is 4. The molecule has 0 unspecified atom stereocenters. The fourth-order valence-corrected chi connectivity index (χ4v) is 3.39. The second-order valence-corrected chi connectivity index (χ2v) is 8.78. The average Bonchev–Trinajstić information content (AvgIpc) is 2.97. The molecule has 0 aromatic heterocycles. The number of carbonyl (C=O) groups is 6. The lowest BCUT2D eigenvalue weighted by Crippen LogP contribution is -2.13. The number of ether oxygens (including phenoxy) is 1. The number of carbonyl (C=O) groups excluding carboxylic acids is 3. The fraction of sp³-hybridized carbons (Fsp3) is 0.167. The van der Waals surface area contributed by atoms with E-state index in [4.69, 9.17) is 25.2 Å². The van der Waals surface area contributed by atoms with Crippen LogP contribution in [0.1, 0.15) is 74.4 Å². The van der Waals surface area contributed by atoms with Gasteiger partial charge in [-0.25, -0.2) is 0 Å². The van der Waals surface area contributed by atoms with E-state index in [2.05, 4.69) is 0 Å². The Morgan fingerprint density at radius 1 is 0.500 bits per heavy atom. The van der Waals surface area contributed by atoms with Crippen LogP contribution in [0.15, 0.2) is 97.1 Å². The van der Waals surface area contributed by atoms with Crippen molar-refractivity contribution in [2.45, 2.75) is 42.5 Å². The van der Waals surface area contributed by atoms with Gasteiger partial charge in [-0.2, -0.15) is 0 Å². The van der Waals surface area contributed by atoms with Crippen LogP contribution in [0.3, 0.4) is 0 Å². The predicted octanol–water partition coefficient (Wildman–Crippen LogP) is 5.60. The van der Waals surface area contributed by atoms with Gasteiger partial charge in [0.1, 0.15) is 35.8 Å². The Morgan fingerprint density at radius 2 is 0.880 bits per heavy atom. The Balaban J connectivity index is -0.000000336. The Bertz CT molecular complexity index is 1670. The van der Waals surface area contributed by atoms with Crippen LogP contribution in [0.2, 0.25) is 0 Å². The highest BCUT2D eigenvalue weighted by atomic mass is 16.5. The van der Waals surface area contributed by atoms with Gasteiger partial charge in [-0.1, -0.05) is 90.4 Å². The predicted molar refractivity (Wildman–Crippen MR) is 186 cm³/mol. The normalized spacial score (nSPS) is 8.72. The monoisotopic (exact) mass is 700 g/mol. The lowest BCUT2D eigenvalue weighted by molar-refractivity contribution is -0.148. The summed E-state index contributed by atoms with van der Waals surface area (Å²) in [6.07, 6.45) is -1.59. The number of hydrogen-bond acceptors (Lipinski definition) is 10. The molecule has 0 aliphatic heterocycles. The van der Waals surface area contributed by atoms with Crippen LogP contribution in [0, 0.1) is 0 Å². The minimum atomic E-state index is -1.31. The van der Waals surface area contributed by atoms with E-state index in [0.29, 0.717) is 11.1 Å². The van der Waals surface area contributed by atoms with Crippen molar-refractivity contribution in [1.82, 2.24) is 0 Å². The summed E-state index contributed by atoms with van der Waals surface area (Å²) in [5.74, 6) is -6.21. The van der Waals surface area contributed by atoms with Crippen molar-refractivity contribution in [3.63, 3.8) is 0 Å². The van der Waals surface area contributed by atoms with Gasteiger partial charge in [0.2, 0.25) is 0 Å².